The van der Waals surface area contributed by atoms with Crippen LogP contribution in [0.3, 0.4) is 0 Å². The number of aromatic nitrogens is 1. The molecule has 1 aromatic heterocycles. The van der Waals surface area contributed by atoms with Gasteiger partial charge in [0.25, 0.3) is 0 Å². The lowest BCUT2D eigenvalue weighted by Gasteiger charge is -2.35. The fourth-order valence-electron chi connectivity index (χ4n) is 3.06. The van der Waals surface area contributed by atoms with Crippen molar-refractivity contribution in [2.75, 3.05) is 32.7 Å². The standard InChI is InChI=1S/C17H22ClN3O/c1-13(22)11-20-7-9-21(10-8-20)12-15-16(18)5-4-14-3-2-6-19-17(14)15/h2-6,13,22H,7-12H2,1H3. The van der Waals surface area contributed by atoms with E-state index in [4.69, 9.17) is 11.6 Å². The molecule has 1 aliphatic rings. The van der Waals surface area contributed by atoms with Gasteiger partial charge in [0.1, 0.15) is 0 Å². The summed E-state index contributed by atoms with van der Waals surface area (Å²) in [5.74, 6) is 0. The normalized spacial score (nSPS) is 18.7. The van der Waals surface area contributed by atoms with Gasteiger partial charge in [0.15, 0.2) is 0 Å². The average molecular weight is 320 g/mol. The number of aliphatic hydroxyl groups excluding tert-OH is 1. The van der Waals surface area contributed by atoms with Crippen LogP contribution in [-0.2, 0) is 6.54 Å². The van der Waals surface area contributed by atoms with E-state index in [1.54, 1.807) is 0 Å². The molecular formula is C17H22ClN3O. The molecule has 1 fully saturated rings. The van der Waals surface area contributed by atoms with Gasteiger partial charge in [-0.3, -0.25) is 14.8 Å². The molecule has 1 saturated heterocycles. The van der Waals surface area contributed by atoms with Crippen LogP contribution in [0.2, 0.25) is 5.02 Å². The Morgan fingerprint density at radius 1 is 1.18 bits per heavy atom. The highest BCUT2D eigenvalue weighted by Gasteiger charge is 2.19. The minimum atomic E-state index is -0.261. The fraction of sp³-hybridized carbons (Fsp3) is 0.471. The molecule has 0 bridgehead atoms. The SMILES string of the molecule is CC(O)CN1CCN(Cc2c(Cl)ccc3cccnc23)CC1. The summed E-state index contributed by atoms with van der Waals surface area (Å²) < 4.78 is 0. The fourth-order valence-corrected chi connectivity index (χ4v) is 3.27. The number of piperazine rings is 1. The van der Waals surface area contributed by atoms with E-state index in [1.807, 2.05) is 31.3 Å². The van der Waals surface area contributed by atoms with E-state index in [0.717, 1.165) is 60.8 Å². The van der Waals surface area contributed by atoms with E-state index in [2.05, 4.69) is 20.9 Å². The Hall–Kier alpha value is -1.20. The minimum Gasteiger partial charge on any atom is -0.392 e. The molecule has 1 atom stereocenters. The maximum Gasteiger partial charge on any atom is 0.0761 e. The number of aliphatic hydroxyl groups is 1. The zero-order valence-corrected chi connectivity index (χ0v) is 13.6. The quantitative estimate of drug-likeness (QED) is 0.939. The number of rotatable bonds is 4. The molecule has 1 N–H and O–H groups in total. The Morgan fingerprint density at radius 2 is 1.91 bits per heavy atom. The molecule has 0 radical (unpaired) electrons. The van der Waals surface area contributed by atoms with Crippen molar-refractivity contribution < 1.29 is 5.11 Å². The Kier molecular flexibility index (Phi) is 4.93. The number of benzene rings is 1. The van der Waals surface area contributed by atoms with Crippen LogP contribution in [0.15, 0.2) is 30.5 Å². The first-order valence-corrected chi connectivity index (χ1v) is 8.16. The minimum absolute atomic E-state index is 0.261. The lowest BCUT2D eigenvalue weighted by Crippen LogP contribution is -2.47. The molecule has 0 saturated carbocycles. The van der Waals surface area contributed by atoms with Crippen molar-refractivity contribution in [2.24, 2.45) is 0 Å². The molecule has 22 heavy (non-hydrogen) atoms. The van der Waals surface area contributed by atoms with E-state index >= 15 is 0 Å². The predicted octanol–water partition coefficient (Wildman–Crippen LogP) is 2.39. The van der Waals surface area contributed by atoms with E-state index in [-0.39, 0.29) is 6.10 Å². The highest BCUT2D eigenvalue weighted by molar-refractivity contribution is 6.32. The van der Waals surface area contributed by atoms with Crippen LogP contribution in [0.4, 0.5) is 0 Å². The second kappa shape index (κ2) is 6.92. The van der Waals surface area contributed by atoms with Crippen molar-refractivity contribution in [1.29, 1.82) is 0 Å². The van der Waals surface area contributed by atoms with E-state index in [9.17, 15) is 5.11 Å². The molecule has 1 aromatic carbocycles. The summed E-state index contributed by atoms with van der Waals surface area (Å²) >= 11 is 6.41. The third-order valence-corrected chi connectivity index (χ3v) is 4.55. The third-order valence-electron chi connectivity index (χ3n) is 4.19. The Morgan fingerprint density at radius 3 is 2.64 bits per heavy atom. The number of β-amino-alcohol motifs (C(OH)–C–C–N with tert-alkyl or cyclic N) is 1. The average Bonchev–Trinajstić information content (AvgIpc) is 2.51. The highest BCUT2D eigenvalue weighted by Crippen LogP contribution is 2.26. The Balaban J connectivity index is 1.71. The Bertz CT molecular complexity index is 639. The van der Waals surface area contributed by atoms with E-state index in [0.29, 0.717) is 0 Å². The van der Waals surface area contributed by atoms with E-state index < -0.39 is 0 Å². The number of halogens is 1. The number of pyridine rings is 1. The summed E-state index contributed by atoms with van der Waals surface area (Å²) in [6.45, 7) is 7.38. The van der Waals surface area contributed by atoms with Gasteiger partial charge >= 0.3 is 0 Å². The highest BCUT2D eigenvalue weighted by atomic mass is 35.5. The molecule has 2 heterocycles. The lowest BCUT2D eigenvalue weighted by molar-refractivity contribution is 0.0782. The van der Waals surface area contributed by atoms with Crippen LogP contribution < -0.4 is 0 Å². The molecule has 4 nitrogen and oxygen atoms in total. The Labute approximate surface area is 136 Å². The van der Waals surface area contributed by atoms with Crippen LogP contribution in [0.1, 0.15) is 12.5 Å². The summed E-state index contributed by atoms with van der Waals surface area (Å²) in [5, 5.41) is 11.4. The van der Waals surface area contributed by atoms with Crippen molar-refractivity contribution in [3.05, 3.63) is 41.0 Å². The topological polar surface area (TPSA) is 39.6 Å². The predicted molar refractivity (Wildman–Crippen MR) is 90.2 cm³/mol. The summed E-state index contributed by atoms with van der Waals surface area (Å²) in [4.78, 5) is 9.23. The molecule has 0 amide bonds. The van der Waals surface area contributed by atoms with Gasteiger partial charge in [-0.15, -0.1) is 0 Å². The van der Waals surface area contributed by atoms with Gasteiger partial charge in [0.2, 0.25) is 0 Å². The number of fused-ring (bicyclic) bond motifs is 1. The smallest absolute Gasteiger partial charge is 0.0761 e. The van der Waals surface area contributed by atoms with Crippen LogP contribution >= 0.6 is 11.6 Å². The van der Waals surface area contributed by atoms with Crippen LogP contribution in [0.5, 0.6) is 0 Å². The molecule has 5 heteroatoms. The second-order valence-corrected chi connectivity index (χ2v) is 6.43. The van der Waals surface area contributed by atoms with Gasteiger partial charge < -0.3 is 5.11 Å². The van der Waals surface area contributed by atoms with Crippen LogP contribution in [0.25, 0.3) is 10.9 Å². The zero-order valence-electron chi connectivity index (χ0n) is 12.9. The summed E-state index contributed by atoms with van der Waals surface area (Å²) in [7, 11) is 0. The first-order chi connectivity index (χ1) is 10.6. The first kappa shape index (κ1) is 15.7. The largest absolute Gasteiger partial charge is 0.392 e. The van der Waals surface area contributed by atoms with Crippen LogP contribution in [-0.4, -0.2) is 58.7 Å². The van der Waals surface area contributed by atoms with Crippen molar-refractivity contribution in [3.8, 4) is 0 Å². The molecule has 2 aromatic rings. The number of nitrogens with zero attached hydrogens (tertiary/aromatic N) is 3. The number of hydrogen-bond acceptors (Lipinski definition) is 4. The molecule has 0 spiro atoms. The molecule has 118 valence electrons. The first-order valence-electron chi connectivity index (χ1n) is 7.78. The third kappa shape index (κ3) is 3.58. The zero-order chi connectivity index (χ0) is 15.5. The molecule has 1 unspecified atom stereocenters. The van der Waals surface area contributed by atoms with Gasteiger partial charge in [0.05, 0.1) is 11.6 Å². The van der Waals surface area contributed by atoms with Crippen LogP contribution in [0, 0.1) is 0 Å². The summed E-state index contributed by atoms with van der Waals surface area (Å²) in [6.07, 6.45) is 1.56. The van der Waals surface area contributed by atoms with Crippen molar-refractivity contribution in [1.82, 2.24) is 14.8 Å². The van der Waals surface area contributed by atoms with E-state index in [1.165, 1.54) is 0 Å². The molecule has 3 rings (SSSR count). The van der Waals surface area contributed by atoms with Gasteiger partial charge in [-0.25, -0.2) is 0 Å². The van der Waals surface area contributed by atoms with Crippen molar-refractivity contribution in [3.63, 3.8) is 0 Å². The van der Waals surface area contributed by atoms with Gasteiger partial charge in [-0.1, -0.05) is 23.7 Å². The van der Waals surface area contributed by atoms with Gasteiger partial charge in [-0.2, -0.15) is 0 Å². The summed E-state index contributed by atoms with van der Waals surface area (Å²) in [5.41, 5.74) is 2.12. The van der Waals surface area contributed by atoms with Gasteiger partial charge in [0, 0.05) is 61.4 Å². The monoisotopic (exact) mass is 319 g/mol. The maximum atomic E-state index is 9.48. The second-order valence-electron chi connectivity index (χ2n) is 6.03. The van der Waals surface area contributed by atoms with Crippen molar-refractivity contribution >= 4 is 22.5 Å². The molecule has 1 aliphatic heterocycles. The summed E-state index contributed by atoms with van der Waals surface area (Å²) in [6, 6.07) is 8.01. The van der Waals surface area contributed by atoms with Gasteiger partial charge in [-0.05, 0) is 19.1 Å². The maximum absolute atomic E-state index is 9.48. The molecule has 0 aliphatic carbocycles. The molecular weight excluding hydrogens is 298 g/mol. The lowest BCUT2D eigenvalue weighted by atomic mass is 10.1. The number of hydrogen-bond donors (Lipinski definition) is 1. The van der Waals surface area contributed by atoms with Crippen molar-refractivity contribution in [2.45, 2.75) is 19.6 Å².